The summed E-state index contributed by atoms with van der Waals surface area (Å²) in [4.78, 5) is 13.2. The molecular formula is C23H20BrNO. The van der Waals surface area contributed by atoms with Gasteiger partial charge in [-0.2, -0.15) is 0 Å². The Bertz CT molecular complexity index is 1040. The zero-order valence-electron chi connectivity index (χ0n) is 15.1. The van der Waals surface area contributed by atoms with E-state index < -0.39 is 0 Å². The monoisotopic (exact) mass is 405 g/mol. The van der Waals surface area contributed by atoms with Crippen LogP contribution in [0.25, 0.3) is 21.9 Å². The molecule has 130 valence electrons. The lowest BCUT2D eigenvalue weighted by Gasteiger charge is -2.23. The summed E-state index contributed by atoms with van der Waals surface area (Å²) in [5.41, 5.74) is 2.80. The van der Waals surface area contributed by atoms with Gasteiger partial charge >= 0.3 is 0 Å². The van der Waals surface area contributed by atoms with Crippen molar-refractivity contribution in [2.45, 2.75) is 26.3 Å². The molecule has 0 bridgehead atoms. The molecule has 2 nitrogen and oxygen atoms in total. The molecule has 0 aliphatic rings. The van der Waals surface area contributed by atoms with Crippen molar-refractivity contribution in [1.82, 2.24) is 5.32 Å². The molecule has 3 aromatic rings. The first-order valence-electron chi connectivity index (χ1n) is 8.41. The molecule has 0 aliphatic carbocycles. The Morgan fingerprint density at radius 2 is 1.69 bits per heavy atom. The molecule has 1 amide bonds. The third kappa shape index (κ3) is 3.52. The normalized spacial score (nSPS) is 11.2. The van der Waals surface area contributed by atoms with Gasteiger partial charge in [-0.05, 0) is 54.8 Å². The van der Waals surface area contributed by atoms with E-state index in [4.69, 9.17) is 6.42 Å². The highest BCUT2D eigenvalue weighted by Gasteiger charge is 2.22. The molecule has 26 heavy (non-hydrogen) atoms. The van der Waals surface area contributed by atoms with Crippen LogP contribution in [0.2, 0.25) is 0 Å². The number of carbonyl (C=O) groups excluding carboxylic acids is 1. The van der Waals surface area contributed by atoms with Crippen LogP contribution in [0.5, 0.6) is 0 Å². The molecule has 3 rings (SSSR count). The minimum Gasteiger partial charge on any atom is -0.347 e. The van der Waals surface area contributed by atoms with Crippen LogP contribution in [0.3, 0.4) is 0 Å². The summed E-state index contributed by atoms with van der Waals surface area (Å²) in [5.74, 6) is 2.62. The van der Waals surface area contributed by atoms with E-state index in [0.717, 1.165) is 31.9 Å². The molecular weight excluding hydrogens is 386 g/mol. The fourth-order valence-electron chi connectivity index (χ4n) is 3.04. The first kappa shape index (κ1) is 18.2. The van der Waals surface area contributed by atoms with Crippen LogP contribution in [0.4, 0.5) is 0 Å². The lowest BCUT2D eigenvalue weighted by atomic mass is 9.90. The predicted octanol–water partition coefficient (Wildman–Crippen LogP) is 5.78. The fraction of sp³-hybridized carbons (Fsp3) is 0.174. The summed E-state index contributed by atoms with van der Waals surface area (Å²) in [6.07, 6.45) is 5.69. The van der Waals surface area contributed by atoms with Gasteiger partial charge in [0.25, 0.3) is 5.91 Å². The average molecular weight is 406 g/mol. The minimum atomic E-state index is -0.339. The number of nitrogens with one attached hydrogen (secondary N) is 1. The molecule has 1 N–H and O–H groups in total. The maximum absolute atomic E-state index is 13.2. The van der Waals surface area contributed by atoms with Crippen LogP contribution in [-0.4, -0.2) is 11.4 Å². The van der Waals surface area contributed by atoms with E-state index in [-0.39, 0.29) is 11.4 Å². The smallest absolute Gasteiger partial charge is 0.252 e. The van der Waals surface area contributed by atoms with Gasteiger partial charge in [0.2, 0.25) is 0 Å². The zero-order valence-corrected chi connectivity index (χ0v) is 16.6. The Morgan fingerprint density at radius 3 is 2.38 bits per heavy atom. The maximum atomic E-state index is 13.2. The first-order valence-corrected chi connectivity index (χ1v) is 9.21. The topological polar surface area (TPSA) is 29.1 Å². The molecule has 0 atom stereocenters. The van der Waals surface area contributed by atoms with Gasteiger partial charge < -0.3 is 5.32 Å². The van der Waals surface area contributed by atoms with Crippen molar-refractivity contribution in [3.8, 4) is 23.5 Å². The molecule has 0 spiro atoms. The largest absolute Gasteiger partial charge is 0.347 e. The quantitative estimate of drug-likeness (QED) is 0.537. The first-order chi connectivity index (χ1) is 12.3. The van der Waals surface area contributed by atoms with Crippen LogP contribution >= 0.6 is 15.9 Å². The van der Waals surface area contributed by atoms with Crippen molar-refractivity contribution in [2.75, 3.05) is 0 Å². The average Bonchev–Trinajstić information content (AvgIpc) is 2.59. The Hall–Kier alpha value is -2.57. The summed E-state index contributed by atoms with van der Waals surface area (Å²) >= 11 is 3.59. The molecule has 0 unspecified atom stereocenters. The summed E-state index contributed by atoms with van der Waals surface area (Å²) < 4.78 is 0.955. The molecule has 0 radical (unpaired) electrons. The Labute approximate surface area is 162 Å². The Balaban J connectivity index is 2.35. The van der Waals surface area contributed by atoms with E-state index in [0.29, 0.717) is 5.56 Å². The number of halogens is 1. The maximum Gasteiger partial charge on any atom is 0.252 e. The second-order valence-electron chi connectivity index (χ2n) is 7.22. The van der Waals surface area contributed by atoms with Crippen molar-refractivity contribution in [1.29, 1.82) is 0 Å². The predicted molar refractivity (Wildman–Crippen MR) is 112 cm³/mol. The molecule has 0 saturated heterocycles. The number of hydrogen-bond donors (Lipinski definition) is 1. The van der Waals surface area contributed by atoms with Gasteiger partial charge in [0, 0.05) is 15.6 Å². The van der Waals surface area contributed by atoms with Crippen LogP contribution < -0.4 is 5.32 Å². The number of hydrogen-bond acceptors (Lipinski definition) is 1. The van der Waals surface area contributed by atoms with E-state index >= 15 is 0 Å². The number of fused-ring (bicyclic) bond motifs is 1. The third-order valence-electron chi connectivity index (χ3n) is 4.10. The second kappa shape index (κ2) is 6.97. The van der Waals surface area contributed by atoms with Crippen molar-refractivity contribution in [2.24, 2.45) is 0 Å². The molecule has 0 aromatic heterocycles. The van der Waals surface area contributed by atoms with Crippen LogP contribution in [0.1, 0.15) is 36.7 Å². The molecule has 3 aromatic carbocycles. The Morgan fingerprint density at radius 1 is 0.962 bits per heavy atom. The van der Waals surface area contributed by atoms with Gasteiger partial charge in [-0.3, -0.25) is 4.79 Å². The number of terminal acetylenes is 1. The number of amides is 1. The summed E-state index contributed by atoms with van der Waals surface area (Å²) in [6.45, 7) is 5.92. The van der Waals surface area contributed by atoms with Gasteiger partial charge in [-0.1, -0.05) is 64.3 Å². The number of rotatable bonds is 2. The second-order valence-corrected chi connectivity index (χ2v) is 8.07. The summed E-state index contributed by atoms with van der Waals surface area (Å²) in [7, 11) is 0. The standard InChI is InChI=1S/C23H20BrNO/c1-5-15-9-6-7-10-16(15)19-14-13-17-18(11-8-12-20(17)24)21(19)22(26)25-23(2,3)4/h1,6-14H,2-4H3,(H,25,26). The van der Waals surface area contributed by atoms with Crippen LogP contribution in [0.15, 0.2) is 59.1 Å². The van der Waals surface area contributed by atoms with Gasteiger partial charge in [0.05, 0.1) is 5.56 Å². The van der Waals surface area contributed by atoms with Crippen molar-refractivity contribution in [3.63, 3.8) is 0 Å². The lowest BCUT2D eigenvalue weighted by molar-refractivity contribution is 0.0922. The molecule has 0 aliphatic heterocycles. The highest BCUT2D eigenvalue weighted by molar-refractivity contribution is 9.10. The Kier molecular flexibility index (Phi) is 4.89. The fourth-order valence-corrected chi connectivity index (χ4v) is 3.53. The highest BCUT2D eigenvalue weighted by atomic mass is 79.9. The summed E-state index contributed by atoms with van der Waals surface area (Å²) in [5, 5.41) is 4.98. The molecule has 0 saturated carbocycles. The van der Waals surface area contributed by atoms with E-state index in [1.165, 1.54) is 0 Å². The van der Waals surface area contributed by atoms with Gasteiger partial charge in [0.15, 0.2) is 0 Å². The zero-order chi connectivity index (χ0) is 18.9. The molecule has 0 fully saturated rings. The third-order valence-corrected chi connectivity index (χ3v) is 4.79. The SMILES string of the molecule is C#Cc1ccccc1-c1ccc2c(Br)cccc2c1C(=O)NC(C)(C)C. The van der Waals surface area contributed by atoms with E-state index in [1.807, 2.05) is 75.4 Å². The van der Waals surface area contributed by atoms with E-state index in [2.05, 4.69) is 27.2 Å². The van der Waals surface area contributed by atoms with Crippen molar-refractivity contribution < 1.29 is 4.79 Å². The number of carbonyl (C=O) groups is 1. The van der Waals surface area contributed by atoms with E-state index in [1.54, 1.807) is 0 Å². The van der Waals surface area contributed by atoms with Crippen LogP contribution in [0, 0.1) is 12.3 Å². The van der Waals surface area contributed by atoms with Crippen molar-refractivity contribution >= 4 is 32.6 Å². The van der Waals surface area contributed by atoms with Gasteiger partial charge in [0.1, 0.15) is 0 Å². The van der Waals surface area contributed by atoms with Gasteiger partial charge in [-0.15, -0.1) is 6.42 Å². The lowest BCUT2D eigenvalue weighted by Crippen LogP contribution is -2.40. The summed E-state index contributed by atoms with van der Waals surface area (Å²) in [6, 6.07) is 17.6. The van der Waals surface area contributed by atoms with Gasteiger partial charge in [-0.25, -0.2) is 0 Å². The number of benzene rings is 3. The molecule has 3 heteroatoms. The van der Waals surface area contributed by atoms with Crippen LogP contribution in [-0.2, 0) is 0 Å². The van der Waals surface area contributed by atoms with Crippen molar-refractivity contribution in [3.05, 3.63) is 70.2 Å². The highest BCUT2D eigenvalue weighted by Crippen LogP contribution is 2.35. The van der Waals surface area contributed by atoms with E-state index in [9.17, 15) is 4.79 Å². The molecule has 0 heterocycles. The minimum absolute atomic E-state index is 0.108.